The van der Waals surface area contributed by atoms with Gasteiger partial charge in [0, 0.05) is 5.56 Å². The SMILES string of the molecule is Cc1ccc(-c2nc(C#N)c(N=Nc3ccccc3)o2)cc1. The van der Waals surface area contributed by atoms with Crippen LogP contribution in [0.3, 0.4) is 0 Å². The summed E-state index contributed by atoms with van der Waals surface area (Å²) in [7, 11) is 0. The second-order valence-electron chi connectivity index (χ2n) is 4.69. The molecule has 1 heterocycles. The summed E-state index contributed by atoms with van der Waals surface area (Å²) in [6, 6.07) is 18.9. The topological polar surface area (TPSA) is 74.5 Å². The molecule has 0 aliphatic heterocycles. The van der Waals surface area contributed by atoms with Gasteiger partial charge >= 0.3 is 0 Å². The van der Waals surface area contributed by atoms with Crippen molar-refractivity contribution in [3.63, 3.8) is 0 Å². The van der Waals surface area contributed by atoms with Crippen LogP contribution in [0, 0.1) is 18.3 Å². The van der Waals surface area contributed by atoms with Gasteiger partial charge in [-0.05, 0) is 31.2 Å². The zero-order chi connectivity index (χ0) is 15.4. The summed E-state index contributed by atoms with van der Waals surface area (Å²) in [5.41, 5.74) is 2.73. The largest absolute Gasteiger partial charge is 0.416 e. The molecule has 0 unspecified atom stereocenters. The Bertz CT molecular complexity index is 843. The Balaban J connectivity index is 1.94. The van der Waals surface area contributed by atoms with Gasteiger partial charge in [-0.15, -0.1) is 10.2 Å². The average molecular weight is 288 g/mol. The van der Waals surface area contributed by atoms with Crippen molar-refractivity contribution in [2.45, 2.75) is 6.92 Å². The predicted octanol–water partition coefficient (Wildman–Crippen LogP) is 4.94. The Labute approximate surface area is 127 Å². The molecule has 0 aliphatic rings. The molecule has 0 saturated carbocycles. The number of benzene rings is 2. The predicted molar refractivity (Wildman–Crippen MR) is 82.0 cm³/mol. The highest BCUT2D eigenvalue weighted by Gasteiger charge is 2.14. The van der Waals surface area contributed by atoms with E-state index in [0.29, 0.717) is 11.6 Å². The minimum Gasteiger partial charge on any atom is -0.416 e. The van der Waals surface area contributed by atoms with Crippen LogP contribution in [0.25, 0.3) is 11.5 Å². The van der Waals surface area contributed by atoms with E-state index >= 15 is 0 Å². The van der Waals surface area contributed by atoms with Crippen molar-refractivity contribution in [1.29, 1.82) is 5.26 Å². The van der Waals surface area contributed by atoms with Gasteiger partial charge < -0.3 is 4.42 Å². The number of azo groups is 1. The highest BCUT2D eigenvalue weighted by molar-refractivity contribution is 5.57. The van der Waals surface area contributed by atoms with Gasteiger partial charge in [0.25, 0.3) is 5.88 Å². The maximum Gasteiger partial charge on any atom is 0.277 e. The van der Waals surface area contributed by atoms with Gasteiger partial charge in [0.05, 0.1) is 5.69 Å². The molecule has 0 spiro atoms. The van der Waals surface area contributed by atoms with Crippen LogP contribution in [0.15, 0.2) is 69.2 Å². The number of aryl methyl sites for hydroxylation is 1. The van der Waals surface area contributed by atoms with Crippen LogP contribution < -0.4 is 0 Å². The fraction of sp³-hybridized carbons (Fsp3) is 0.0588. The van der Waals surface area contributed by atoms with Crippen molar-refractivity contribution in [2.24, 2.45) is 10.2 Å². The van der Waals surface area contributed by atoms with Crippen LogP contribution in [0.4, 0.5) is 11.6 Å². The average Bonchev–Trinajstić information content (AvgIpc) is 2.98. The molecular weight excluding hydrogens is 276 g/mol. The fourth-order valence-corrected chi connectivity index (χ4v) is 1.87. The lowest BCUT2D eigenvalue weighted by molar-refractivity contribution is 0.579. The Morgan fingerprint density at radius 3 is 2.41 bits per heavy atom. The van der Waals surface area contributed by atoms with E-state index in [1.54, 1.807) is 0 Å². The molecule has 0 fully saturated rings. The zero-order valence-electron chi connectivity index (χ0n) is 11.9. The molecule has 0 N–H and O–H groups in total. The summed E-state index contributed by atoms with van der Waals surface area (Å²) in [4.78, 5) is 4.16. The number of oxazole rings is 1. The van der Waals surface area contributed by atoms with Gasteiger partial charge in [0.2, 0.25) is 11.6 Å². The number of hydrogen-bond acceptors (Lipinski definition) is 5. The number of rotatable bonds is 3. The molecular formula is C17H12N4O. The summed E-state index contributed by atoms with van der Waals surface area (Å²) >= 11 is 0. The van der Waals surface area contributed by atoms with Gasteiger partial charge in [-0.3, -0.25) is 0 Å². The third-order valence-electron chi connectivity index (χ3n) is 3.03. The number of nitriles is 1. The first-order valence-electron chi connectivity index (χ1n) is 6.71. The monoisotopic (exact) mass is 288 g/mol. The summed E-state index contributed by atoms with van der Waals surface area (Å²) in [5.74, 6) is 0.473. The van der Waals surface area contributed by atoms with Gasteiger partial charge in [-0.25, -0.2) is 0 Å². The van der Waals surface area contributed by atoms with Gasteiger partial charge in [-0.2, -0.15) is 10.2 Å². The van der Waals surface area contributed by atoms with E-state index in [4.69, 9.17) is 9.68 Å². The normalized spacial score (nSPS) is 10.7. The van der Waals surface area contributed by atoms with Crippen LogP contribution >= 0.6 is 0 Å². The van der Waals surface area contributed by atoms with Crippen LogP contribution in [-0.2, 0) is 0 Å². The lowest BCUT2D eigenvalue weighted by Crippen LogP contribution is -1.79. The first kappa shape index (κ1) is 13.7. The van der Waals surface area contributed by atoms with Crippen LogP contribution in [0.2, 0.25) is 0 Å². The number of nitrogens with zero attached hydrogens (tertiary/aromatic N) is 4. The van der Waals surface area contributed by atoms with E-state index in [9.17, 15) is 0 Å². The first-order chi connectivity index (χ1) is 10.8. The van der Waals surface area contributed by atoms with E-state index in [0.717, 1.165) is 11.1 Å². The molecule has 3 rings (SSSR count). The van der Waals surface area contributed by atoms with Crippen molar-refractivity contribution in [3.8, 4) is 17.5 Å². The third kappa shape index (κ3) is 2.91. The van der Waals surface area contributed by atoms with Gasteiger partial charge in [0.15, 0.2) is 0 Å². The summed E-state index contributed by atoms with van der Waals surface area (Å²) < 4.78 is 5.56. The molecule has 2 aromatic carbocycles. The quantitative estimate of drug-likeness (QED) is 0.641. The van der Waals surface area contributed by atoms with E-state index in [1.165, 1.54) is 0 Å². The lowest BCUT2D eigenvalue weighted by Gasteiger charge is -1.95. The summed E-state index contributed by atoms with van der Waals surface area (Å²) in [6.07, 6.45) is 0. The highest BCUT2D eigenvalue weighted by Crippen LogP contribution is 2.28. The Morgan fingerprint density at radius 1 is 1.00 bits per heavy atom. The Morgan fingerprint density at radius 2 is 1.73 bits per heavy atom. The minimum atomic E-state index is 0.113. The van der Waals surface area contributed by atoms with Crippen LogP contribution in [-0.4, -0.2) is 4.98 Å². The minimum absolute atomic E-state index is 0.113. The molecule has 0 radical (unpaired) electrons. The smallest absolute Gasteiger partial charge is 0.277 e. The molecule has 106 valence electrons. The van der Waals surface area contributed by atoms with Crippen molar-refractivity contribution < 1.29 is 4.42 Å². The fourth-order valence-electron chi connectivity index (χ4n) is 1.87. The van der Waals surface area contributed by atoms with Crippen molar-refractivity contribution in [2.75, 3.05) is 0 Å². The third-order valence-corrected chi connectivity index (χ3v) is 3.03. The lowest BCUT2D eigenvalue weighted by atomic mass is 10.1. The molecule has 22 heavy (non-hydrogen) atoms. The molecule has 5 heteroatoms. The van der Waals surface area contributed by atoms with Crippen LogP contribution in [0.5, 0.6) is 0 Å². The van der Waals surface area contributed by atoms with E-state index in [-0.39, 0.29) is 11.6 Å². The zero-order valence-corrected chi connectivity index (χ0v) is 11.9. The second kappa shape index (κ2) is 6.02. The number of hydrogen-bond donors (Lipinski definition) is 0. The van der Waals surface area contributed by atoms with E-state index < -0.39 is 0 Å². The molecule has 0 bridgehead atoms. The first-order valence-corrected chi connectivity index (χ1v) is 6.71. The highest BCUT2D eigenvalue weighted by atomic mass is 16.4. The molecule has 1 aromatic heterocycles. The standard InChI is InChI=1S/C17H12N4O/c1-12-7-9-13(10-8-12)16-19-15(11-18)17(22-16)21-20-14-5-3-2-4-6-14/h2-10H,1H3. The van der Waals surface area contributed by atoms with Gasteiger partial charge in [-0.1, -0.05) is 35.9 Å². The van der Waals surface area contributed by atoms with Gasteiger partial charge in [0.1, 0.15) is 6.07 Å². The Hall–Kier alpha value is -3.26. The molecule has 0 aliphatic carbocycles. The summed E-state index contributed by atoms with van der Waals surface area (Å²) in [6.45, 7) is 2.00. The molecule has 5 nitrogen and oxygen atoms in total. The molecule has 0 atom stereocenters. The molecule has 0 saturated heterocycles. The molecule has 0 amide bonds. The van der Waals surface area contributed by atoms with Crippen molar-refractivity contribution in [1.82, 2.24) is 4.98 Å². The second-order valence-corrected chi connectivity index (χ2v) is 4.69. The van der Waals surface area contributed by atoms with Crippen molar-refractivity contribution in [3.05, 3.63) is 65.9 Å². The Kier molecular flexibility index (Phi) is 3.75. The maximum atomic E-state index is 9.15. The molecule has 3 aromatic rings. The van der Waals surface area contributed by atoms with E-state index in [2.05, 4.69) is 15.2 Å². The van der Waals surface area contributed by atoms with E-state index in [1.807, 2.05) is 67.6 Å². The van der Waals surface area contributed by atoms with Crippen molar-refractivity contribution >= 4 is 11.6 Å². The van der Waals surface area contributed by atoms with Crippen LogP contribution in [0.1, 0.15) is 11.3 Å². The number of aromatic nitrogens is 1. The summed E-state index contributed by atoms with van der Waals surface area (Å²) in [5, 5.41) is 17.2. The maximum absolute atomic E-state index is 9.15.